The smallest absolute Gasteiger partial charge is 0.230 e. The van der Waals surface area contributed by atoms with E-state index >= 15 is 0 Å². The fraction of sp³-hybridized carbons (Fsp3) is 0.714. The Morgan fingerprint density at radius 2 is 2.22 bits per heavy atom. The number of likely N-dealkylation sites (N-methyl/N-ethyl adjacent to an activating group) is 2. The van der Waals surface area contributed by atoms with Crippen molar-refractivity contribution in [3.8, 4) is 0 Å². The summed E-state index contributed by atoms with van der Waals surface area (Å²) in [7, 11) is 1.90. The number of Topliss-reactive ketones (excluding diaryl/α,β-unsaturated/α-hetero) is 1. The van der Waals surface area contributed by atoms with E-state index in [0.717, 1.165) is 25.8 Å². The van der Waals surface area contributed by atoms with Crippen molar-refractivity contribution >= 4 is 11.7 Å². The van der Waals surface area contributed by atoms with E-state index < -0.39 is 0 Å². The van der Waals surface area contributed by atoms with Crippen molar-refractivity contribution in [3.63, 3.8) is 0 Å². The summed E-state index contributed by atoms with van der Waals surface area (Å²) in [5.41, 5.74) is 1.23. The molecule has 0 aromatic carbocycles. The topological polar surface area (TPSA) is 49.4 Å². The second-order valence-electron chi connectivity index (χ2n) is 4.84. The minimum absolute atomic E-state index is 0.00218. The second-order valence-corrected chi connectivity index (χ2v) is 4.84. The zero-order valence-corrected chi connectivity index (χ0v) is 11.7. The van der Waals surface area contributed by atoms with Gasteiger partial charge in [0.1, 0.15) is 5.78 Å². The lowest BCUT2D eigenvalue weighted by Gasteiger charge is -2.24. The van der Waals surface area contributed by atoms with E-state index in [4.69, 9.17) is 0 Å². The number of nitrogens with zero attached hydrogens (tertiary/aromatic N) is 1. The predicted molar refractivity (Wildman–Crippen MR) is 72.3 cm³/mol. The van der Waals surface area contributed by atoms with Crippen molar-refractivity contribution in [3.05, 3.63) is 11.6 Å². The van der Waals surface area contributed by atoms with Gasteiger partial charge in [-0.3, -0.25) is 9.59 Å². The fourth-order valence-electron chi connectivity index (χ4n) is 2.46. The molecule has 102 valence electrons. The first-order valence-electron chi connectivity index (χ1n) is 6.71. The summed E-state index contributed by atoms with van der Waals surface area (Å²) in [5, 5.41) is 3.07. The highest BCUT2D eigenvalue weighted by atomic mass is 16.2. The number of ketones is 1. The first-order chi connectivity index (χ1) is 8.60. The minimum atomic E-state index is -0.00218. The van der Waals surface area contributed by atoms with Crippen LogP contribution in [0.1, 0.15) is 33.1 Å². The Bertz CT molecular complexity index is 337. The molecule has 1 aliphatic carbocycles. The summed E-state index contributed by atoms with van der Waals surface area (Å²) in [5.74, 6) is 0.161. The highest BCUT2D eigenvalue weighted by Gasteiger charge is 2.30. The van der Waals surface area contributed by atoms with E-state index in [1.54, 1.807) is 4.90 Å². The van der Waals surface area contributed by atoms with Gasteiger partial charge in [-0.25, -0.2) is 0 Å². The monoisotopic (exact) mass is 252 g/mol. The molecule has 0 saturated heterocycles. The quantitative estimate of drug-likeness (QED) is 0.726. The molecular formula is C14H24N2O2. The molecule has 0 aromatic heterocycles. The summed E-state index contributed by atoms with van der Waals surface area (Å²) in [4.78, 5) is 25.2. The first kappa shape index (κ1) is 14.9. The molecule has 18 heavy (non-hydrogen) atoms. The molecule has 0 aromatic rings. The molecule has 1 saturated carbocycles. The normalized spacial score (nSPS) is 21.3. The number of rotatable bonds is 6. The third kappa shape index (κ3) is 3.95. The lowest BCUT2D eigenvalue weighted by molar-refractivity contribution is -0.137. The van der Waals surface area contributed by atoms with Gasteiger partial charge in [-0.15, -0.1) is 0 Å². The van der Waals surface area contributed by atoms with Gasteiger partial charge in [-0.05, 0) is 40.2 Å². The molecule has 0 radical (unpaired) electrons. The van der Waals surface area contributed by atoms with Crippen molar-refractivity contribution < 1.29 is 9.59 Å². The van der Waals surface area contributed by atoms with E-state index in [1.165, 1.54) is 12.5 Å². The van der Waals surface area contributed by atoms with Gasteiger partial charge in [0.25, 0.3) is 0 Å². The number of nitrogens with one attached hydrogen (secondary N) is 1. The van der Waals surface area contributed by atoms with Crippen molar-refractivity contribution in [1.82, 2.24) is 10.2 Å². The molecule has 1 amide bonds. The summed E-state index contributed by atoms with van der Waals surface area (Å²) >= 11 is 0. The molecule has 0 unspecified atom stereocenters. The van der Waals surface area contributed by atoms with Crippen molar-refractivity contribution in [2.24, 2.45) is 5.92 Å². The second kappa shape index (κ2) is 7.31. The maximum absolute atomic E-state index is 12.4. The number of carbonyl (C=O) groups is 2. The van der Waals surface area contributed by atoms with E-state index in [9.17, 15) is 9.59 Å². The van der Waals surface area contributed by atoms with E-state index in [2.05, 4.69) is 11.4 Å². The molecule has 1 fully saturated rings. The molecule has 0 spiro atoms. The van der Waals surface area contributed by atoms with Crippen LogP contribution in [0.5, 0.6) is 0 Å². The van der Waals surface area contributed by atoms with Crippen molar-refractivity contribution in [2.45, 2.75) is 33.1 Å². The van der Waals surface area contributed by atoms with Crippen LogP contribution in [0.2, 0.25) is 0 Å². The number of hydrogen-bond donors (Lipinski definition) is 1. The Balaban J connectivity index is 2.71. The molecule has 1 rings (SSSR count). The van der Waals surface area contributed by atoms with Gasteiger partial charge >= 0.3 is 0 Å². The molecule has 4 heteroatoms. The zero-order valence-electron chi connectivity index (χ0n) is 11.7. The van der Waals surface area contributed by atoms with Gasteiger partial charge in [0.05, 0.1) is 12.5 Å². The largest absolute Gasteiger partial charge is 0.335 e. The summed E-state index contributed by atoms with van der Waals surface area (Å²) in [6.45, 7) is 5.10. The Hall–Kier alpha value is -1.16. The number of hydrogen-bond acceptors (Lipinski definition) is 3. The van der Waals surface area contributed by atoms with Gasteiger partial charge in [0.15, 0.2) is 0 Å². The fourth-order valence-corrected chi connectivity index (χ4v) is 2.46. The third-order valence-electron chi connectivity index (χ3n) is 3.38. The lowest BCUT2D eigenvalue weighted by Crippen LogP contribution is -2.38. The lowest BCUT2D eigenvalue weighted by atomic mass is 10.0. The van der Waals surface area contributed by atoms with Gasteiger partial charge in [-0.1, -0.05) is 11.6 Å². The molecule has 1 atom stereocenters. The van der Waals surface area contributed by atoms with Gasteiger partial charge in [-0.2, -0.15) is 0 Å². The van der Waals surface area contributed by atoms with Gasteiger partial charge in [0.2, 0.25) is 5.91 Å². The highest BCUT2D eigenvalue weighted by molar-refractivity contribution is 5.87. The maximum Gasteiger partial charge on any atom is 0.230 e. The van der Waals surface area contributed by atoms with Crippen LogP contribution in [0.3, 0.4) is 0 Å². The molecule has 4 nitrogen and oxygen atoms in total. The Morgan fingerprint density at radius 1 is 1.50 bits per heavy atom. The molecule has 0 bridgehead atoms. The Morgan fingerprint density at radius 3 is 2.78 bits per heavy atom. The highest BCUT2D eigenvalue weighted by Crippen LogP contribution is 2.32. The van der Waals surface area contributed by atoms with Gasteiger partial charge < -0.3 is 10.2 Å². The average molecular weight is 252 g/mol. The molecule has 0 aliphatic heterocycles. The maximum atomic E-state index is 12.4. The number of amides is 1. The minimum Gasteiger partial charge on any atom is -0.335 e. The Kier molecular flexibility index (Phi) is 6.05. The number of carbonyl (C=O) groups excluding carboxylic acids is 2. The van der Waals surface area contributed by atoms with Crippen LogP contribution in [0.15, 0.2) is 11.6 Å². The molecule has 0 heterocycles. The zero-order chi connectivity index (χ0) is 13.5. The van der Waals surface area contributed by atoms with E-state index in [0.29, 0.717) is 6.54 Å². The van der Waals surface area contributed by atoms with Crippen LogP contribution in [0.25, 0.3) is 0 Å². The first-order valence-corrected chi connectivity index (χ1v) is 6.71. The van der Waals surface area contributed by atoms with Crippen LogP contribution >= 0.6 is 0 Å². The van der Waals surface area contributed by atoms with Crippen LogP contribution in [-0.2, 0) is 9.59 Å². The average Bonchev–Trinajstić information content (AvgIpc) is 2.80. The Labute approximate surface area is 109 Å². The summed E-state index contributed by atoms with van der Waals surface area (Å²) < 4.78 is 0. The predicted octanol–water partition coefficient (Wildman–Crippen LogP) is 1.37. The molecular weight excluding hydrogens is 228 g/mol. The summed E-state index contributed by atoms with van der Waals surface area (Å²) in [6, 6.07) is 0. The van der Waals surface area contributed by atoms with Crippen LogP contribution in [0.4, 0.5) is 0 Å². The van der Waals surface area contributed by atoms with Crippen LogP contribution < -0.4 is 5.32 Å². The van der Waals surface area contributed by atoms with Crippen molar-refractivity contribution in [1.29, 1.82) is 0 Å². The third-order valence-corrected chi connectivity index (χ3v) is 3.38. The molecule has 1 aliphatic rings. The molecule has 1 N–H and O–H groups in total. The van der Waals surface area contributed by atoms with Gasteiger partial charge in [0, 0.05) is 13.1 Å². The van der Waals surface area contributed by atoms with E-state index in [-0.39, 0.29) is 24.2 Å². The van der Waals surface area contributed by atoms with Crippen LogP contribution in [0, 0.1) is 5.92 Å². The SMILES string of the molecule is CCN(CC(C)=O)C(=O)[C@@H]1CCC/C1=C\CNC. The summed E-state index contributed by atoms with van der Waals surface area (Å²) in [6.07, 6.45) is 5.12. The van der Waals surface area contributed by atoms with Crippen LogP contribution in [-0.4, -0.2) is 43.3 Å². The van der Waals surface area contributed by atoms with E-state index in [1.807, 2.05) is 14.0 Å². The standard InChI is InChI=1S/C14H24N2O2/c1-4-16(10-11(2)17)14(18)13-7-5-6-12(13)8-9-15-3/h8,13,15H,4-7,9-10H2,1-3H3/b12-8+/t13-/m1/s1. The van der Waals surface area contributed by atoms with Crippen molar-refractivity contribution in [2.75, 3.05) is 26.7 Å².